The Kier molecular flexibility index (Phi) is 4.76. The molecule has 2 rings (SSSR count). The molecule has 0 aliphatic heterocycles. The predicted octanol–water partition coefficient (Wildman–Crippen LogP) is 2.30. The molecule has 0 radical (unpaired) electrons. The number of anilines is 2. The number of hydrogen-bond acceptors (Lipinski definition) is 6. The van der Waals surface area contributed by atoms with Gasteiger partial charge in [0.2, 0.25) is 11.9 Å². The lowest BCUT2D eigenvalue weighted by Crippen LogP contribution is -2.31. The van der Waals surface area contributed by atoms with E-state index in [1.54, 1.807) is 7.11 Å². The van der Waals surface area contributed by atoms with Crippen molar-refractivity contribution in [3.8, 4) is 6.01 Å². The predicted molar refractivity (Wildman–Crippen MR) is 75.6 cm³/mol. The molecular formula is C13H23N5O. The van der Waals surface area contributed by atoms with E-state index in [0.717, 1.165) is 18.9 Å². The number of hydrogen-bond donors (Lipinski definition) is 2. The lowest BCUT2D eigenvalue weighted by Gasteiger charge is -2.31. The maximum absolute atomic E-state index is 5.12. The first-order chi connectivity index (χ1) is 9.22. The first kappa shape index (κ1) is 13.8. The lowest BCUT2D eigenvalue weighted by atomic mass is 9.80. The minimum Gasteiger partial charge on any atom is -0.467 e. The van der Waals surface area contributed by atoms with Crippen LogP contribution in [-0.2, 0) is 0 Å². The van der Waals surface area contributed by atoms with Crippen LogP contribution in [0.4, 0.5) is 11.9 Å². The van der Waals surface area contributed by atoms with Gasteiger partial charge in [-0.2, -0.15) is 15.0 Å². The summed E-state index contributed by atoms with van der Waals surface area (Å²) >= 11 is 0. The second kappa shape index (κ2) is 6.54. The molecule has 6 nitrogen and oxygen atoms in total. The summed E-state index contributed by atoms with van der Waals surface area (Å²) in [5.74, 6) is 1.89. The van der Waals surface area contributed by atoms with E-state index in [2.05, 4.69) is 39.4 Å². The standard InChI is InChI=1S/C13H23N5O/c1-4-8-14-11-16-12(18-13(17-11)19-3)15-9(2)10-6-5-7-10/h9-10H,4-8H2,1-3H3,(H2,14,15,16,17,18). The van der Waals surface area contributed by atoms with Crippen molar-refractivity contribution in [2.24, 2.45) is 5.92 Å². The zero-order chi connectivity index (χ0) is 13.7. The van der Waals surface area contributed by atoms with Gasteiger partial charge in [0.1, 0.15) is 0 Å². The van der Waals surface area contributed by atoms with Crippen molar-refractivity contribution in [2.75, 3.05) is 24.3 Å². The SMILES string of the molecule is CCCNc1nc(NC(C)C2CCC2)nc(OC)n1. The van der Waals surface area contributed by atoms with Crippen molar-refractivity contribution >= 4 is 11.9 Å². The van der Waals surface area contributed by atoms with Gasteiger partial charge in [-0.05, 0) is 32.1 Å². The Labute approximate surface area is 114 Å². The van der Waals surface area contributed by atoms with Crippen molar-refractivity contribution in [2.45, 2.75) is 45.6 Å². The van der Waals surface area contributed by atoms with Gasteiger partial charge in [0, 0.05) is 12.6 Å². The van der Waals surface area contributed by atoms with E-state index >= 15 is 0 Å². The smallest absolute Gasteiger partial charge is 0.322 e. The van der Waals surface area contributed by atoms with Crippen LogP contribution in [0.25, 0.3) is 0 Å². The van der Waals surface area contributed by atoms with E-state index in [4.69, 9.17) is 4.74 Å². The van der Waals surface area contributed by atoms with Gasteiger partial charge in [0.15, 0.2) is 0 Å². The molecule has 2 N–H and O–H groups in total. The normalized spacial score (nSPS) is 16.6. The van der Waals surface area contributed by atoms with E-state index in [9.17, 15) is 0 Å². The summed E-state index contributed by atoms with van der Waals surface area (Å²) in [6.07, 6.45) is 4.93. The molecule has 1 atom stereocenters. The minimum atomic E-state index is 0.344. The Bertz CT molecular complexity index is 408. The lowest BCUT2D eigenvalue weighted by molar-refractivity contribution is 0.284. The molecule has 1 heterocycles. The molecular weight excluding hydrogens is 242 g/mol. The summed E-state index contributed by atoms with van der Waals surface area (Å²) < 4.78 is 5.12. The first-order valence-electron chi connectivity index (χ1n) is 7.03. The molecule has 1 aromatic rings. The van der Waals surface area contributed by atoms with Crippen molar-refractivity contribution in [3.63, 3.8) is 0 Å². The third-order valence-electron chi connectivity index (χ3n) is 3.54. The second-order valence-corrected chi connectivity index (χ2v) is 5.02. The van der Waals surface area contributed by atoms with Crippen molar-refractivity contribution in [1.82, 2.24) is 15.0 Å². The molecule has 0 bridgehead atoms. The Hall–Kier alpha value is -1.59. The molecule has 0 saturated heterocycles. The Morgan fingerprint density at radius 1 is 1.26 bits per heavy atom. The molecule has 19 heavy (non-hydrogen) atoms. The molecule has 0 amide bonds. The van der Waals surface area contributed by atoms with Gasteiger partial charge in [-0.3, -0.25) is 0 Å². The number of methoxy groups -OCH3 is 1. The summed E-state index contributed by atoms with van der Waals surface area (Å²) in [5.41, 5.74) is 0. The highest BCUT2D eigenvalue weighted by Crippen LogP contribution is 2.30. The maximum atomic E-state index is 5.12. The molecule has 6 heteroatoms. The summed E-state index contributed by atoms with van der Waals surface area (Å²) in [5, 5.41) is 6.51. The number of ether oxygens (including phenoxy) is 1. The third-order valence-corrected chi connectivity index (χ3v) is 3.54. The summed E-state index contributed by atoms with van der Waals surface area (Å²) in [6, 6.07) is 0.733. The molecule has 1 aliphatic carbocycles. The van der Waals surface area contributed by atoms with E-state index in [1.807, 2.05) is 0 Å². The summed E-state index contributed by atoms with van der Waals surface area (Å²) in [6.45, 7) is 5.12. The summed E-state index contributed by atoms with van der Waals surface area (Å²) in [4.78, 5) is 12.8. The van der Waals surface area contributed by atoms with Gasteiger partial charge < -0.3 is 15.4 Å². The number of rotatable bonds is 7. The number of nitrogens with one attached hydrogen (secondary N) is 2. The van der Waals surface area contributed by atoms with Crippen LogP contribution in [0.2, 0.25) is 0 Å². The molecule has 1 fully saturated rings. The first-order valence-corrected chi connectivity index (χ1v) is 7.03. The van der Waals surface area contributed by atoms with Gasteiger partial charge in [0.05, 0.1) is 7.11 Å². The van der Waals surface area contributed by atoms with Crippen LogP contribution in [0.15, 0.2) is 0 Å². The average Bonchev–Trinajstić information content (AvgIpc) is 2.33. The van der Waals surface area contributed by atoms with Crippen LogP contribution < -0.4 is 15.4 Å². The largest absolute Gasteiger partial charge is 0.467 e. The summed E-state index contributed by atoms with van der Waals surface area (Å²) in [7, 11) is 1.57. The van der Waals surface area contributed by atoms with Crippen LogP contribution in [0, 0.1) is 5.92 Å². The Morgan fingerprint density at radius 2 is 2.00 bits per heavy atom. The molecule has 1 aliphatic rings. The fourth-order valence-corrected chi connectivity index (χ4v) is 2.09. The zero-order valence-corrected chi connectivity index (χ0v) is 11.9. The molecule has 1 unspecified atom stereocenters. The number of aromatic nitrogens is 3. The van der Waals surface area contributed by atoms with Crippen LogP contribution in [-0.4, -0.2) is 34.6 Å². The van der Waals surface area contributed by atoms with E-state index in [1.165, 1.54) is 19.3 Å². The van der Waals surface area contributed by atoms with Crippen molar-refractivity contribution in [1.29, 1.82) is 0 Å². The van der Waals surface area contributed by atoms with Crippen LogP contribution in [0.3, 0.4) is 0 Å². The second-order valence-electron chi connectivity index (χ2n) is 5.02. The average molecular weight is 265 g/mol. The highest BCUT2D eigenvalue weighted by molar-refractivity contribution is 5.36. The highest BCUT2D eigenvalue weighted by atomic mass is 16.5. The monoisotopic (exact) mass is 265 g/mol. The number of nitrogens with zero attached hydrogens (tertiary/aromatic N) is 3. The van der Waals surface area contributed by atoms with Gasteiger partial charge >= 0.3 is 6.01 Å². The van der Waals surface area contributed by atoms with Crippen LogP contribution in [0.5, 0.6) is 6.01 Å². The van der Waals surface area contributed by atoms with E-state index in [-0.39, 0.29) is 0 Å². The molecule has 0 aromatic carbocycles. The minimum absolute atomic E-state index is 0.344. The highest BCUT2D eigenvalue weighted by Gasteiger charge is 2.24. The topological polar surface area (TPSA) is 72.0 Å². The molecule has 1 saturated carbocycles. The van der Waals surface area contributed by atoms with Crippen molar-refractivity contribution in [3.05, 3.63) is 0 Å². The molecule has 1 aromatic heterocycles. The van der Waals surface area contributed by atoms with Gasteiger partial charge in [0.25, 0.3) is 0 Å². The Balaban J connectivity index is 2.04. The zero-order valence-electron chi connectivity index (χ0n) is 11.9. The van der Waals surface area contributed by atoms with Crippen molar-refractivity contribution < 1.29 is 4.74 Å². The third kappa shape index (κ3) is 3.68. The molecule has 106 valence electrons. The fourth-order valence-electron chi connectivity index (χ4n) is 2.09. The van der Waals surface area contributed by atoms with Crippen LogP contribution in [0.1, 0.15) is 39.5 Å². The van der Waals surface area contributed by atoms with Gasteiger partial charge in [-0.15, -0.1) is 0 Å². The maximum Gasteiger partial charge on any atom is 0.322 e. The van der Waals surface area contributed by atoms with Crippen LogP contribution >= 0.6 is 0 Å². The quantitative estimate of drug-likeness (QED) is 0.788. The van der Waals surface area contributed by atoms with E-state index < -0.39 is 0 Å². The van der Waals surface area contributed by atoms with Gasteiger partial charge in [-0.25, -0.2) is 0 Å². The molecule has 0 spiro atoms. The fraction of sp³-hybridized carbons (Fsp3) is 0.769. The van der Waals surface area contributed by atoms with E-state index in [0.29, 0.717) is 23.9 Å². The van der Waals surface area contributed by atoms with Gasteiger partial charge in [-0.1, -0.05) is 13.3 Å². The Morgan fingerprint density at radius 3 is 2.58 bits per heavy atom.